The van der Waals surface area contributed by atoms with Gasteiger partial charge in [0, 0.05) is 0 Å². The van der Waals surface area contributed by atoms with Crippen LogP contribution in [-0.2, 0) is 0 Å². The van der Waals surface area contributed by atoms with Gasteiger partial charge in [-0.05, 0) is 0 Å². The summed E-state index contributed by atoms with van der Waals surface area (Å²) in [4.78, 5) is 10.1. The van der Waals surface area contributed by atoms with E-state index in [1.807, 2.05) is 0 Å². The Morgan fingerprint density at radius 2 is 1.93 bits per heavy atom. The molecular formula is C6H5Br3N2O2Te. The van der Waals surface area contributed by atoms with Crippen LogP contribution >= 0.6 is 38.3 Å². The Morgan fingerprint density at radius 3 is 2.36 bits per heavy atom. The van der Waals surface area contributed by atoms with Crippen LogP contribution < -0.4 is 9.35 Å². The monoisotopic (exact) mass is 504 g/mol. The Bertz CT molecular complexity index is 380. The number of hydrogen-bond acceptors (Lipinski definition) is 3. The molecule has 0 aliphatic carbocycles. The quantitative estimate of drug-likeness (QED) is 0.291. The number of nitrogens with two attached hydrogens (primary N) is 1. The summed E-state index contributed by atoms with van der Waals surface area (Å²) >= 11 is 7.66. The van der Waals surface area contributed by atoms with Crippen molar-refractivity contribution in [3.63, 3.8) is 0 Å². The SMILES string of the molecule is Nc1ccc([N+](=O)[O-])cc1[Te](Br)(Br)Br. The zero-order valence-electron chi connectivity index (χ0n) is 6.62. The fourth-order valence-corrected chi connectivity index (χ4v) is 8.16. The first-order valence-electron chi connectivity index (χ1n) is 3.28. The van der Waals surface area contributed by atoms with Crippen LogP contribution in [-0.4, -0.2) is 16.5 Å². The van der Waals surface area contributed by atoms with Crippen molar-refractivity contribution in [1.29, 1.82) is 0 Å². The van der Waals surface area contributed by atoms with Crippen molar-refractivity contribution < 1.29 is 4.92 Å². The first kappa shape index (κ1) is 12.7. The second-order valence-electron chi connectivity index (χ2n) is 2.39. The van der Waals surface area contributed by atoms with Gasteiger partial charge in [0.1, 0.15) is 0 Å². The van der Waals surface area contributed by atoms with Crippen LogP contribution in [0.4, 0.5) is 11.4 Å². The van der Waals surface area contributed by atoms with E-state index in [1.165, 1.54) is 18.2 Å². The van der Waals surface area contributed by atoms with Gasteiger partial charge in [0.25, 0.3) is 0 Å². The normalized spacial score (nSPS) is 12.5. The number of non-ortho nitro benzene ring substituents is 1. The van der Waals surface area contributed by atoms with Crippen molar-refractivity contribution in [2.45, 2.75) is 0 Å². The van der Waals surface area contributed by atoms with Gasteiger partial charge in [0.05, 0.1) is 0 Å². The number of hydrogen-bond donors (Lipinski definition) is 1. The molecule has 1 aromatic carbocycles. The molecule has 1 rings (SSSR count). The number of anilines is 1. The maximum absolute atomic E-state index is 10.5. The van der Waals surface area contributed by atoms with Gasteiger partial charge in [-0.3, -0.25) is 0 Å². The Kier molecular flexibility index (Phi) is 4.23. The molecule has 78 valence electrons. The van der Waals surface area contributed by atoms with Gasteiger partial charge in [0.15, 0.2) is 0 Å². The molecule has 0 saturated heterocycles. The topological polar surface area (TPSA) is 69.2 Å². The second kappa shape index (κ2) is 4.66. The van der Waals surface area contributed by atoms with E-state index in [1.54, 1.807) is 0 Å². The maximum atomic E-state index is 10.5. The first-order valence-corrected chi connectivity index (χ1v) is 20.1. The fourth-order valence-electron chi connectivity index (χ4n) is 0.837. The molecule has 4 nitrogen and oxygen atoms in total. The molecular weight excluding hydrogens is 499 g/mol. The van der Waals surface area contributed by atoms with Crippen LogP contribution in [0.25, 0.3) is 0 Å². The molecule has 0 saturated carbocycles. The number of nitro groups is 1. The summed E-state index contributed by atoms with van der Waals surface area (Å²) in [5.74, 6) is 0. The van der Waals surface area contributed by atoms with Crippen molar-refractivity contribution in [2.75, 3.05) is 5.73 Å². The molecule has 0 heterocycles. The number of benzene rings is 1. The van der Waals surface area contributed by atoms with Crippen LogP contribution in [0.5, 0.6) is 0 Å². The zero-order valence-corrected chi connectivity index (χ0v) is 13.7. The van der Waals surface area contributed by atoms with E-state index in [-0.39, 0.29) is 5.69 Å². The zero-order chi connectivity index (χ0) is 10.9. The molecule has 8 heteroatoms. The number of nitrogens with zero attached hydrogens (tertiary/aromatic N) is 1. The molecule has 0 radical (unpaired) electrons. The van der Waals surface area contributed by atoms with Gasteiger partial charge >= 0.3 is 104 Å². The van der Waals surface area contributed by atoms with Crippen molar-refractivity contribution in [3.05, 3.63) is 28.3 Å². The van der Waals surface area contributed by atoms with Crippen molar-refractivity contribution in [1.82, 2.24) is 0 Å². The average molecular weight is 504 g/mol. The summed E-state index contributed by atoms with van der Waals surface area (Å²) < 4.78 is 0.752. The third-order valence-electron chi connectivity index (χ3n) is 1.46. The molecule has 0 aromatic heterocycles. The predicted octanol–water partition coefficient (Wildman–Crippen LogP) is 2.51. The van der Waals surface area contributed by atoms with Gasteiger partial charge in [-0.1, -0.05) is 0 Å². The first-order chi connectivity index (χ1) is 6.32. The molecule has 0 spiro atoms. The minimum atomic E-state index is -2.67. The third-order valence-corrected chi connectivity index (χ3v) is 10.9. The van der Waals surface area contributed by atoms with E-state index in [2.05, 4.69) is 38.3 Å². The van der Waals surface area contributed by atoms with E-state index >= 15 is 0 Å². The van der Waals surface area contributed by atoms with Crippen LogP contribution in [0.3, 0.4) is 0 Å². The molecule has 0 fully saturated rings. The minimum absolute atomic E-state index is 0.0447. The fraction of sp³-hybridized carbons (Fsp3) is 0. The number of nitrogen functional groups attached to an aromatic ring is 1. The van der Waals surface area contributed by atoms with E-state index in [4.69, 9.17) is 5.73 Å². The number of nitro benzene ring substituents is 1. The molecule has 1 aromatic rings. The Balaban J connectivity index is 3.29. The Morgan fingerprint density at radius 1 is 1.36 bits per heavy atom. The van der Waals surface area contributed by atoms with E-state index in [9.17, 15) is 10.1 Å². The van der Waals surface area contributed by atoms with Crippen LogP contribution in [0.1, 0.15) is 0 Å². The Labute approximate surface area is 103 Å². The summed E-state index contributed by atoms with van der Waals surface area (Å²) in [6, 6.07) is 4.41. The molecule has 2 N–H and O–H groups in total. The Hall–Kier alpha value is 0.650. The van der Waals surface area contributed by atoms with Gasteiger partial charge < -0.3 is 0 Å². The van der Waals surface area contributed by atoms with Gasteiger partial charge in [-0.2, -0.15) is 0 Å². The summed E-state index contributed by atoms with van der Waals surface area (Å²) in [5.41, 5.74) is 6.30. The van der Waals surface area contributed by atoms with Crippen molar-refractivity contribution >= 4 is 64.8 Å². The van der Waals surface area contributed by atoms with Crippen molar-refractivity contribution in [3.8, 4) is 0 Å². The molecule has 0 aliphatic heterocycles. The van der Waals surface area contributed by atoms with Crippen molar-refractivity contribution in [2.24, 2.45) is 0 Å². The predicted molar refractivity (Wildman–Crippen MR) is 69.7 cm³/mol. The van der Waals surface area contributed by atoms with Crippen LogP contribution in [0, 0.1) is 10.1 Å². The molecule has 0 unspecified atom stereocenters. The molecule has 0 amide bonds. The summed E-state index contributed by atoms with van der Waals surface area (Å²) in [7, 11) is 0. The van der Waals surface area contributed by atoms with E-state index in [0.29, 0.717) is 5.69 Å². The summed E-state index contributed by atoms with van der Waals surface area (Å²) in [5, 5.41) is 10.5. The van der Waals surface area contributed by atoms with Crippen LogP contribution in [0.15, 0.2) is 18.2 Å². The average Bonchev–Trinajstić information content (AvgIpc) is 2.02. The standard InChI is InChI=1S/C6H5Br3N2O2Te/c7-14(8,9)6-3-4(11(12)13)1-2-5(6)10/h1-3H,10H2. The third kappa shape index (κ3) is 3.07. The molecule has 0 atom stereocenters. The van der Waals surface area contributed by atoms with E-state index in [0.717, 1.165) is 3.61 Å². The molecule has 0 aliphatic rings. The second-order valence-corrected chi connectivity index (χ2v) is 43.0. The van der Waals surface area contributed by atoms with Crippen LogP contribution in [0.2, 0.25) is 0 Å². The van der Waals surface area contributed by atoms with Gasteiger partial charge in [-0.15, -0.1) is 0 Å². The molecule has 0 bridgehead atoms. The molecule has 14 heavy (non-hydrogen) atoms. The van der Waals surface area contributed by atoms with Gasteiger partial charge in [-0.25, -0.2) is 0 Å². The summed E-state index contributed by atoms with van der Waals surface area (Å²) in [6.45, 7) is 0. The summed E-state index contributed by atoms with van der Waals surface area (Å²) in [6.07, 6.45) is 0. The number of rotatable bonds is 2. The van der Waals surface area contributed by atoms with Gasteiger partial charge in [0.2, 0.25) is 0 Å². The van der Waals surface area contributed by atoms with E-state index < -0.39 is 16.5 Å². The number of halogens is 3.